The van der Waals surface area contributed by atoms with E-state index in [2.05, 4.69) is 97.7 Å². The Bertz CT molecular complexity index is 1190. The summed E-state index contributed by atoms with van der Waals surface area (Å²) in [5.74, 6) is 0.532. The van der Waals surface area contributed by atoms with Crippen molar-refractivity contribution in [3.05, 3.63) is 108 Å². The molecule has 0 saturated carbocycles. The fraction of sp³-hybridized carbons (Fsp3) is 0.185. The minimum absolute atomic E-state index is 0.532. The molecule has 1 heteroatoms. The summed E-state index contributed by atoms with van der Waals surface area (Å²) in [6.07, 6.45) is 2.51. The van der Waals surface area contributed by atoms with Crippen LogP contribution in [-0.4, -0.2) is 12.3 Å². The molecule has 0 saturated heterocycles. The summed E-state index contributed by atoms with van der Waals surface area (Å²) < 4.78 is 0. The lowest BCUT2D eigenvalue weighted by atomic mass is 9.77. The van der Waals surface area contributed by atoms with Crippen LogP contribution in [0.3, 0.4) is 0 Å². The highest BCUT2D eigenvalue weighted by molar-refractivity contribution is 7.90. The van der Waals surface area contributed by atoms with Crippen molar-refractivity contribution in [3.8, 4) is 0 Å². The molecule has 1 heterocycles. The van der Waals surface area contributed by atoms with Crippen LogP contribution in [0.4, 0.5) is 0 Å². The van der Waals surface area contributed by atoms with Gasteiger partial charge >= 0.3 is 0 Å². The third-order valence-corrected chi connectivity index (χ3v) is 11.8. The second-order valence-electron chi connectivity index (χ2n) is 8.41. The van der Waals surface area contributed by atoms with Crippen LogP contribution in [0.1, 0.15) is 29.0 Å². The third kappa shape index (κ3) is 2.10. The quantitative estimate of drug-likeness (QED) is 0.361. The Morgan fingerprint density at radius 3 is 2.39 bits per heavy atom. The molecule has 0 nitrogen and oxygen atoms in total. The monoisotopic (exact) mass is 379 g/mol. The first-order valence-electron chi connectivity index (χ1n) is 10.3. The van der Waals surface area contributed by atoms with E-state index in [1.807, 2.05) is 0 Å². The van der Waals surface area contributed by atoms with Gasteiger partial charge in [0.1, 0.15) is 5.30 Å². The van der Waals surface area contributed by atoms with Crippen molar-refractivity contribution in [1.29, 1.82) is 0 Å². The first-order chi connectivity index (χ1) is 13.8. The molecule has 2 aliphatic rings. The Hall–Kier alpha value is -2.43. The molecule has 0 spiro atoms. The Morgan fingerprint density at radius 1 is 0.750 bits per heavy atom. The molecule has 0 bridgehead atoms. The molecule has 0 amide bonds. The minimum atomic E-state index is -1.45. The Morgan fingerprint density at radius 2 is 1.50 bits per heavy atom. The molecule has 0 aromatic heterocycles. The van der Waals surface area contributed by atoms with Crippen molar-refractivity contribution in [3.63, 3.8) is 0 Å². The molecule has 3 unspecified atom stereocenters. The normalized spacial score (nSPS) is 25.2. The summed E-state index contributed by atoms with van der Waals surface area (Å²) in [7, 11) is -1.45. The van der Waals surface area contributed by atoms with Crippen LogP contribution in [0, 0.1) is 0 Å². The molecular formula is C27H24P+. The highest BCUT2D eigenvalue weighted by atomic mass is 31.2. The lowest BCUT2D eigenvalue weighted by molar-refractivity contribution is 0.639. The molecule has 6 rings (SSSR count). The standard InChI is InChI=1S/C27H24P/c1-28(21-11-3-2-4-12-21)24-17-15-19-9-5-7-13-22(19)26(24)27-23-14-8-6-10-20(23)16-18-25(27)28/h2-15,17,25,27H,16,18H2,1H3/q+1. The number of aryl methyl sites for hydroxylation is 1. The molecule has 0 fully saturated rings. The van der Waals surface area contributed by atoms with Gasteiger partial charge in [-0.05, 0) is 52.9 Å². The SMILES string of the molecule is C[P+]1(c2ccccc2)c2ccc3ccccc3c2C2c3ccccc3CCC21. The van der Waals surface area contributed by atoms with E-state index in [4.69, 9.17) is 0 Å². The van der Waals surface area contributed by atoms with E-state index in [0.29, 0.717) is 11.6 Å². The summed E-state index contributed by atoms with van der Waals surface area (Å²) in [6, 6.07) is 34.4. The lowest BCUT2D eigenvalue weighted by Gasteiger charge is -2.33. The van der Waals surface area contributed by atoms with Crippen LogP contribution in [0.5, 0.6) is 0 Å². The van der Waals surface area contributed by atoms with E-state index < -0.39 is 7.26 Å². The van der Waals surface area contributed by atoms with E-state index >= 15 is 0 Å². The third-order valence-electron chi connectivity index (χ3n) is 7.20. The molecular weight excluding hydrogens is 355 g/mol. The Kier molecular flexibility index (Phi) is 3.56. The van der Waals surface area contributed by atoms with Crippen LogP contribution < -0.4 is 10.6 Å². The molecule has 136 valence electrons. The van der Waals surface area contributed by atoms with Gasteiger partial charge in [0.05, 0.1) is 30.8 Å². The number of benzene rings is 4. The number of hydrogen-bond donors (Lipinski definition) is 0. The van der Waals surface area contributed by atoms with Crippen LogP contribution in [0.25, 0.3) is 10.8 Å². The van der Waals surface area contributed by atoms with Crippen LogP contribution in [-0.2, 0) is 6.42 Å². The highest BCUT2D eigenvalue weighted by Crippen LogP contribution is 2.70. The van der Waals surface area contributed by atoms with Gasteiger partial charge in [0.2, 0.25) is 0 Å². The Balaban J connectivity index is 1.72. The summed E-state index contributed by atoms with van der Waals surface area (Å²) in [5.41, 5.74) is 5.47. The fourth-order valence-corrected chi connectivity index (χ4v) is 10.4. The molecule has 4 aromatic rings. The largest absolute Gasteiger partial charge is 0.104 e. The van der Waals surface area contributed by atoms with E-state index in [9.17, 15) is 0 Å². The maximum atomic E-state index is 2.61. The van der Waals surface area contributed by atoms with E-state index in [-0.39, 0.29) is 0 Å². The average Bonchev–Trinajstić information content (AvgIpc) is 3.05. The predicted octanol–water partition coefficient (Wildman–Crippen LogP) is 5.90. The molecule has 4 aromatic carbocycles. The van der Waals surface area contributed by atoms with Crippen LogP contribution in [0.15, 0.2) is 91.0 Å². The van der Waals surface area contributed by atoms with Crippen molar-refractivity contribution in [2.45, 2.75) is 24.4 Å². The average molecular weight is 379 g/mol. The van der Waals surface area contributed by atoms with Gasteiger partial charge in [-0.25, -0.2) is 0 Å². The zero-order valence-corrected chi connectivity index (χ0v) is 17.1. The van der Waals surface area contributed by atoms with Crippen molar-refractivity contribution in [1.82, 2.24) is 0 Å². The molecule has 0 N–H and O–H groups in total. The van der Waals surface area contributed by atoms with Crippen LogP contribution in [0.2, 0.25) is 0 Å². The Labute approximate surface area is 167 Å². The van der Waals surface area contributed by atoms with Crippen molar-refractivity contribution < 1.29 is 0 Å². The van der Waals surface area contributed by atoms with Gasteiger partial charge in [0.25, 0.3) is 0 Å². The summed E-state index contributed by atoms with van der Waals surface area (Å²) in [6.45, 7) is 2.61. The fourth-order valence-electron chi connectivity index (χ4n) is 5.91. The number of rotatable bonds is 1. The second-order valence-corrected chi connectivity index (χ2v) is 12.2. The smallest absolute Gasteiger partial charge is 0.0620 e. The van der Waals surface area contributed by atoms with Gasteiger partial charge in [-0.15, -0.1) is 0 Å². The van der Waals surface area contributed by atoms with Gasteiger partial charge < -0.3 is 0 Å². The minimum Gasteiger partial charge on any atom is -0.0620 e. The van der Waals surface area contributed by atoms with Gasteiger partial charge in [-0.2, -0.15) is 0 Å². The highest BCUT2D eigenvalue weighted by Gasteiger charge is 2.59. The first-order valence-corrected chi connectivity index (χ1v) is 12.6. The van der Waals surface area contributed by atoms with Gasteiger partial charge in [0.15, 0.2) is 0 Å². The number of hydrogen-bond acceptors (Lipinski definition) is 0. The van der Waals surface area contributed by atoms with E-state index in [0.717, 1.165) is 0 Å². The first kappa shape index (κ1) is 16.5. The van der Waals surface area contributed by atoms with E-state index in [1.165, 1.54) is 23.6 Å². The number of fused-ring (bicyclic) bond motifs is 7. The van der Waals surface area contributed by atoms with Gasteiger partial charge in [0, 0.05) is 5.56 Å². The molecule has 28 heavy (non-hydrogen) atoms. The molecule has 3 atom stereocenters. The maximum absolute atomic E-state index is 2.61. The summed E-state index contributed by atoms with van der Waals surface area (Å²) >= 11 is 0. The lowest BCUT2D eigenvalue weighted by Crippen LogP contribution is -2.29. The van der Waals surface area contributed by atoms with E-state index in [1.54, 1.807) is 27.3 Å². The van der Waals surface area contributed by atoms with Crippen molar-refractivity contribution >= 4 is 28.6 Å². The van der Waals surface area contributed by atoms with Crippen molar-refractivity contribution in [2.75, 3.05) is 6.66 Å². The second kappa shape index (κ2) is 6.03. The molecule has 1 aliphatic carbocycles. The predicted molar refractivity (Wildman–Crippen MR) is 123 cm³/mol. The zero-order chi connectivity index (χ0) is 18.7. The van der Waals surface area contributed by atoms with Gasteiger partial charge in [-0.3, -0.25) is 0 Å². The summed E-state index contributed by atoms with van der Waals surface area (Å²) in [4.78, 5) is 0. The molecule has 1 aliphatic heterocycles. The topological polar surface area (TPSA) is 0 Å². The maximum Gasteiger partial charge on any atom is 0.104 e. The molecule has 0 radical (unpaired) electrons. The van der Waals surface area contributed by atoms with Crippen molar-refractivity contribution in [2.24, 2.45) is 0 Å². The summed E-state index contributed by atoms with van der Waals surface area (Å²) in [5, 5.41) is 6.05. The van der Waals surface area contributed by atoms with Crippen LogP contribution >= 0.6 is 7.26 Å². The van der Waals surface area contributed by atoms with Gasteiger partial charge in [-0.1, -0.05) is 72.8 Å². The zero-order valence-electron chi connectivity index (χ0n) is 16.2.